The zero-order chi connectivity index (χ0) is 17.7. The lowest BCUT2D eigenvalue weighted by atomic mass is 9.99. The van der Waals surface area contributed by atoms with E-state index in [0.29, 0.717) is 5.56 Å². The molecule has 0 aliphatic carbocycles. The zero-order valence-corrected chi connectivity index (χ0v) is 15.2. The number of thiocarbonyl (C=S) groups is 1. The summed E-state index contributed by atoms with van der Waals surface area (Å²) in [5, 5.41) is 10.6. The number of esters is 1. The van der Waals surface area contributed by atoms with E-state index in [4.69, 9.17) is 31.2 Å². The Balaban J connectivity index is 2.13. The van der Waals surface area contributed by atoms with Gasteiger partial charge >= 0.3 is 5.97 Å². The van der Waals surface area contributed by atoms with Gasteiger partial charge in [0, 0.05) is 7.11 Å². The maximum absolute atomic E-state index is 12.2. The summed E-state index contributed by atoms with van der Waals surface area (Å²) in [5.41, 5.74) is 0.392. The van der Waals surface area contributed by atoms with Gasteiger partial charge in [-0.15, -0.1) is 0 Å². The number of hydrogen-bond acceptors (Lipinski definition) is 8. The summed E-state index contributed by atoms with van der Waals surface area (Å²) < 4.78 is 22.1. The van der Waals surface area contributed by atoms with Crippen LogP contribution in [0.3, 0.4) is 0 Å². The van der Waals surface area contributed by atoms with E-state index in [0.717, 1.165) is 0 Å². The summed E-state index contributed by atoms with van der Waals surface area (Å²) in [6.45, 7) is 1.70. The van der Waals surface area contributed by atoms with E-state index in [1.165, 1.54) is 18.9 Å². The number of aliphatic hydroxyl groups is 1. The summed E-state index contributed by atoms with van der Waals surface area (Å²) in [6.07, 6.45) is -2.56. The van der Waals surface area contributed by atoms with Gasteiger partial charge in [0.1, 0.15) is 6.10 Å². The highest BCUT2D eigenvalue weighted by molar-refractivity contribution is 8.22. The standard InChI is InChI=1S/C16H20O6S2/c1-9-12(21-14(18)10-7-5-4-6-8-10)11(17)13(15(19-2)20-9)22-16(23)24-3/h4-9,11-13,15,17H,1-3H3/t9-,11+,12+,13?,15-/m0/s1. The number of thioether (sulfide) groups is 1. The molecule has 1 saturated heterocycles. The molecular formula is C16H20O6S2. The van der Waals surface area contributed by atoms with Crippen LogP contribution >= 0.6 is 24.0 Å². The Hall–Kier alpha value is -1.19. The highest BCUT2D eigenvalue weighted by Gasteiger charge is 2.47. The Morgan fingerprint density at radius 2 is 1.92 bits per heavy atom. The minimum Gasteiger partial charge on any atom is -0.467 e. The van der Waals surface area contributed by atoms with Crippen LogP contribution in [0, 0.1) is 0 Å². The number of carbonyl (C=O) groups is 1. The molecule has 1 heterocycles. The Kier molecular flexibility index (Phi) is 7.00. The first-order valence-corrected chi connectivity index (χ1v) is 8.98. The molecule has 1 N–H and O–H groups in total. The molecule has 0 amide bonds. The predicted octanol–water partition coefficient (Wildman–Crippen LogP) is 2.00. The Morgan fingerprint density at radius 1 is 1.25 bits per heavy atom. The fourth-order valence-corrected chi connectivity index (χ4v) is 2.72. The van der Waals surface area contributed by atoms with Crippen LogP contribution in [0.1, 0.15) is 17.3 Å². The van der Waals surface area contributed by atoms with E-state index in [2.05, 4.69) is 0 Å². The van der Waals surface area contributed by atoms with Crippen molar-refractivity contribution in [3.05, 3.63) is 35.9 Å². The second kappa shape index (κ2) is 8.77. The van der Waals surface area contributed by atoms with Crippen molar-refractivity contribution in [1.29, 1.82) is 0 Å². The van der Waals surface area contributed by atoms with E-state index in [1.54, 1.807) is 43.5 Å². The normalized spacial score (nSPS) is 29.8. The lowest BCUT2D eigenvalue weighted by Crippen LogP contribution is -2.59. The maximum Gasteiger partial charge on any atom is 0.338 e. The molecule has 132 valence electrons. The van der Waals surface area contributed by atoms with Gasteiger partial charge in [0.05, 0.1) is 11.7 Å². The summed E-state index contributed by atoms with van der Waals surface area (Å²) in [6, 6.07) is 8.54. The minimum atomic E-state index is -1.14. The molecule has 1 fully saturated rings. The van der Waals surface area contributed by atoms with Crippen LogP contribution in [0.25, 0.3) is 0 Å². The van der Waals surface area contributed by atoms with Gasteiger partial charge in [0.15, 0.2) is 18.5 Å². The van der Waals surface area contributed by atoms with Gasteiger partial charge < -0.3 is 24.1 Å². The van der Waals surface area contributed by atoms with Crippen LogP contribution in [0.2, 0.25) is 0 Å². The van der Waals surface area contributed by atoms with E-state index in [9.17, 15) is 9.90 Å². The first-order chi connectivity index (χ1) is 11.5. The quantitative estimate of drug-likeness (QED) is 0.635. The molecule has 8 heteroatoms. The molecule has 6 nitrogen and oxygen atoms in total. The highest BCUT2D eigenvalue weighted by Crippen LogP contribution is 2.28. The molecule has 0 aromatic heterocycles. The summed E-state index contributed by atoms with van der Waals surface area (Å²) in [4.78, 5) is 12.2. The van der Waals surface area contributed by atoms with Crippen LogP contribution < -0.4 is 0 Å². The van der Waals surface area contributed by atoms with Gasteiger partial charge in [-0.1, -0.05) is 30.0 Å². The fourth-order valence-electron chi connectivity index (χ4n) is 2.40. The third kappa shape index (κ3) is 4.46. The fraction of sp³-hybridized carbons (Fsp3) is 0.500. The number of rotatable bonds is 4. The van der Waals surface area contributed by atoms with Crippen molar-refractivity contribution >= 4 is 34.3 Å². The second-order valence-electron chi connectivity index (χ2n) is 5.21. The van der Waals surface area contributed by atoms with Gasteiger partial charge in [0.25, 0.3) is 0 Å². The molecule has 1 unspecified atom stereocenters. The van der Waals surface area contributed by atoms with E-state index >= 15 is 0 Å². The van der Waals surface area contributed by atoms with Gasteiger partial charge in [-0.2, -0.15) is 0 Å². The van der Waals surface area contributed by atoms with Crippen LogP contribution in [-0.2, 0) is 18.9 Å². The first kappa shape index (κ1) is 19.1. The lowest BCUT2D eigenvalue weighted by Gasteiger charge is -2.42. The molecule has 1 aliphatic heterocycles. The van der Waals surface area contributed by atoms with Crippen LogP contribution in [-0.4, -0.2) is 59.5 Å². The molecule has 0 spiro atoms. The molecule has 1 aromatic carbocycles. The van der Waals surface area contributed by atoms with Gasteiger partial charge in [0.2, 0.25) is 4.38 Å². The number of hydrogen-bond donors (Lipinski definition) is 1. The first-order valence-electron chi connectivity index (χ1n) is 7.35. The van der Waals surface area contributed by atoms with Gasteiger partial charge in [-0.05, 0) is 37.5 Å². The van der Waals surface area contributed by atoms with Crippen molar-refractivity contribution in [2.45, 2.75) is 37.6 Å². The molecule has 0 radical (unpaired) electrons. The summed E-state index contributed by atoms with van der Waals surface area (Å²) in [5.74, 6) is -0.544. The summed E-state index contributed by atoms with van der Waals surface area (Å²) in [7, 11) is 1.44. The van der Waals surface area contributed by atoms with Crippen LogP contribution in [0.5, 0.6) is 0 Å². The van der Waals surface area contributed by atoms with Crippen molar-refractivity contribution in [3.63, 3.8) is 0 Å². The molecule has 2 rings (SSSR count). The SMILES string of the molecule is CO[C@H]1O[C@@H](C)[C@@H](OC(=O)c2ccccc2)[C@@H](O)C1OC(=S)SC. The minimum absolute atomic E-state index is 0.243. The van der Waals surface area contributed by atoms with E-state index in [-0.39, 0.29) is 4.38 Å². The third-order valence-corrected chi connectivity index (χ3v) is 4.66. The van der Waals surface area contributed by atoms with Crippen molar-refractivity contribution < 1.29 is 28.8 Å². The smallest absolute Gasteiger partial charge is 0.338 e. The molecule has 5 atom stereocenters. The predicted molar refractivity (Wildman–Crippen MR) is 94.0 cm³/mol. The van der Waals surface area contributed by atoms with E-state index < -0.39 is 36.7 Å². The molecule has 24 heavy (non-hydrogen) atoms. The van der Waals surface area contributed by atoms with Crippen molar-refractivity contribution in [2.75, 3.05) is 13.4 Å². The Bertz CT molecular complexity index is 567. The number of carbonyl (C=O) groups excluding carboxylic acids is 1. The molecule has 0 bridgehead atoms. The van der Waals surface area contributed by atoms with Crippen molar-refractivity contribution in [3.8, 4) is 0 Å². The third-order valence-electron chi connectivity index (χ3n) is 3.64. The monoisotopic (exact) mass is 372 g/mol. The van der Waals surface area contributed by atoms with Crippen molar-refractivity contribution in [1.82, 2.24) is 0 Å². The molecule has 0 saturated carbocycles. The largest absolute Gasteiger partial charge is 0.467 e. The number of aliphatic hydroxyl groups excluding tert-OH is 1. The van der Waals surface area contributed by atoms with Gasteiger partial charge in [-0.3, -0.25) is 0 Å². The number of methoxy groups -OCH3 is 1. The second-order valence-corrected chi connectivity index (χ2v) is 6.62. The van der Waals surface area contributed by atoms with Crippen molar-refractivity contribution in [2.24, 2.45) is 0 Å². The summed E-state index contributed by atoms with van der Waals surface area (Å²) >= 11 is 6.26. The molecule has 1 aliphatic rings. The maximum atomic E-state index is 12.2. The average molecular weight is 372 g/mol. The average Bonchev–Trinajstić information content (AvgIpc) is 2.61. The number of ether oxygens (including phenoxy) is 4. The van der Waals surface area contributed by atoms with Crippen LogP contribution in [0.4, 0.5) is 0 Å². The molecular weight excluding hydrogens is 352 g/mol. The number of benzene rings is 1. The van der Waals surface area contributed by atoms with Gasteiger partial charge in [-0.25, -0.2) is 4.79 Å². The Labute approximate surface area is 150 Å². The van der Waals surface area contributed by atoms with Crippen LogP contribution in [0.15, 0.2) is 30.3 Å². The van der Waals surface area contributed by atoms with E-state index in [1.807, 2.05) is 0 Å². The Morgan fingerprint density at radius 3 is 2.50 bits per heavy atom. The highest BCUT2D eigenvalue weighted by atomic mass is 32.2. The topological polar surface area (TPSA) is 74.2 Å². The zero-order valence-electron chi connectivity index (χ0n) is 13.6. The molecule has 1 aromatic rings. The lowest BCUT2D eigenvalue weighted by molar-refractivity contribution is -0.280.